The summed E-state index contributed by atoms with van der Waals surface area (Å²) in [6.45, 7) is 5.73. The largest absolute Gasteiger partial charge is 0.497 e. The molecule has 4 N–H and O–H groups in total. The van der Waals surface area contributed by atoms with Crippen molar-refractivity contribution in [2.45, 2.75) is 20.8 Å². The third kappa shape index (κ3) is 5.23. The summed E-state index contributed by atoms with van der Waals surface area (Å²) in [4.78, 5) is 32.7. The molecule has 0 aliphatic rings. The van der Waals surface area contributed by atoms with Crippen molar-refractivity contribution in [3.63, 3.8) is 0 Å². The first-order chi connectivity index (χ1) is 19.2. The van der Waals surface area contributed by atoms with Gasteiger partial charge in [-0.3, -0.25) is 9.59 Å². The maximum atomic E-state index is 13.8. The number of benzene rings is 3. The molecule has 0 unspecified atom stereocenters. The van der Waals surface area contributed by atoms with E-state index in [9.17, 15) is 9.59 Å². The number of hydrogen-bond donors (Lipinski definition) is 3. The van der Waals surface area contributed by atoms with Gasteiger partial charge in [0.1, 0.15) is 15.5 Å². The predicted molar refractivity (Wildman–Crippen MR) is 164 cm³/mol. The van der Waals surface area contributed by atoms with Crippen molar-refractivity contribution < 1.29 is 14.3 Å². The number of methoxy groups -OCH3 is 1. The van der Waals surface area contributed by atoms with E-state index in [0.29, 0.717) is 54.1 Å². The zero-order valence-corrected chi connectivity index (χ0v) is 24.0. The number of ether oxygens (including phenoxy) is 1. The number of halogens is 1. The highest BCUT2D eigenvalue weighted by molar-refractivity contribution is 7.21. The zero-order valence-electron chi connectivity index (χ0n) is 22.4. The number of thiophene rings is 1. The molecule has 9 heteroatoms. The summed E-state index contributed by atoms with van der Waals surface area (Å²) in [6.07, 6.45) is 0. The highest BCUT2D eigenvalue weighted by Crippen LogP contribution is 2.43. The van der Waals surface area contributed by atoms with E-state index in [-0.39, 0.29) is 17.5 Å². The molecule has 0 saturated heterocycles. The van der Waals surface area contributed by atoms with Crippen LogP contribution in [0.5, 0.6) is 5.75 Å². The van der Waals surface area contributed by atoms with Crippen molar-refractivity contribution in [2.75, 3.05) is 23.5 Å². The second kappa shape index (κ2) is 11.0. The molecule has 0 aliphatic carbocycles. The number of hydrogen-bond acceptors (Lipinski definition) is 6. The number of nitrogens with one attached hydrogen (secondary N) is 2. The fourth-order valence-corrected chi connectivity index (χ4v) is 5.79. The fraction of sp³-hybridized carbons (Fsp3) is 0.129. The molecule has 0 spiro atoms. The van der Waals surface area contributed by atoms with E-state index in [0.717, 1.165) is 16.7 Å². The predicted octanol–water partition coefficient (Wildman–Crippen LogP) is 7.64. The topological polar surface area (TPSA) is 106 Å². The number of nitrogens with two attached hydrogens (primary N) is 1. The van der Waals surface area contributed by atoms with Crippen molar-refractivity contribution in [3.8, 4) is 16.9 Å². The summed E-state index contributed by atoms with van der Waals surface area (Å²) < 4.78 is 5.19. The quantitative estimate of drug-likeness (QED) is 0.194. The third-order valence-corrected chi connectivity index (χ3v) is 7.95. The average molecular weight is 571 g/mol. The highest BCUT2D eigenvalue weighted by atomic mass is 35.5. The lowest BCUT2D eigenvalue weighted by molar-refractivity contribution is 0.102. The molecular formula is C31H27ClN4O3S. The van der Waals surface area contributed by atoms with Crippen molar-refractivity contribution in [1.29, 1.82) is 0 Å². The van der Waals surface area contributed by atoms with Gasteiger partial charge in [-0.25, -0.2) is 4.98 Å². The molecular weight excluding hydrogens is 544 g/mol. The number of aryl methyl sites for hydroxylation is 3. The van der Waals surface area contributed by atoms with Crippen LogP contribution < -0.4 is 21.1 Å². The molecule has 7 nitrogen and oxygen atoms in total. The molecule has 40 heavy (non-hydrogen) atoms. The van der Waals surface area contributed by atoms with Crippen LogP contribution >= 0.6 is 22.9 Å². The number of rotatable bonds is 6. The van der Waals surface area contributed by atoms with Crippen molar-refractivity contribution >= 4 is 62.0 Å². The Morgan fingerprint density at radius 3 is 2.27 bits per heavy atom. The second-order valence-corrected chi connectivity index (χ2v) is 10.9. The summed E-state index contributed by atoms with van der Waals surface area (Å²) in [5.41, 5.74) is 12.5. The van der Waals surface area contributed by atoms with E-state index >= 15 is 0 Å². The molecule has 5 rings (SSSR count). The molecule has 2 heterocycles. The summed E-state index contributed by atoms with van der Waals surface area (Å²) in [5, 5.41) is 7.03. The Balaban J connectivity index is 1.64. The van der Waals surface area contributed by atoms with Crippen LogP contribution in [0.1, 0.15) is 36.9 Å². The molecule has 0 atom stereocenters. The van der Waals surface area contributed by atoms with E-state index < -0.39 is 0 Å². The number of fused-ring (bicyclic) bond motifs is 1. The van der Waals surface area contributed by atoms with Gasteiger partial charge in [0, 0.05) is 27.3 Å². The summed E-state index contributed by atoms with van der Waals surface area (Å²) >= 11 is 7.37. The summed E-state index contributed by atoms with van der Waals surface area (Å²) in [7, 11) is 1.58. The Labute approximate surface area is 241 Å². The number of carbonyl (C=O) groups is 2. The van der Waals surface area contributed by atoms with E-state index in [1.807, 2.05) is 44.2 Å². The normalized spacial score (nSPS) is 10.9. The van der Waals surface area contributed by atoms with Gasteiger partial charge in [0.05, 0.1) is 24.1 Å². The van der Waals surface area contributed by atoms with Gasteiger partial charge in [-0.15, -0.1) is 11.3 Å². The Morgan fingerprint density at radius 2 is 1.62 bits per heavy atom. The molecule has 202 valence electrons. The van der Waals surface area contributed by atoms with Crippen LogP contribution in [0.4, 0.5) is 17.1 Å². The zero-order chi connectivity index (χ0) is 28.6. The third-order valence-electron chi connectivity index (χ3n) is 6.60. The first-order valence-electron chi connectivity index (χ1n) is 12.5. The number of amides is 2. The summed E-state index contributed by atoms with van der Waals surface area (Å²) in [6, 6.07) is 20.0. The first-order valence-corrected chi connectivity index (χ1v) is 13.7. The number of nitrogen functional groups attached to an aromatic ring is 1. The molecule has 3 aromatic carbocycles. The Hall–Kier alpha value is -4.40. The lowest BCUT2D eigenvalue weighted by Gasteiger charge is -2.16. The minimum atomic E-state index is -0.369. The smallest absolute Gasteiger partial charge is 0.267 e. The molecule has 5 aromatic rings. The van der Waals surface area contributed by atoms with Gasteiger partial charge in [-0.05, 0) is 74.4 Å². The van der Waals surface area contributed by atoms with Crippen LogP contribution in [0.2, 0.25) is 5.02 Å². The van der Waals surface area contributed by atoms with Crippen molar-refractivity contribution in [3.05, 3.63) is 99.0 Å². The fourth-order valence-electron chi connectivity index (χ4n) is 4.62. The number of pyridine rings is 1. The van der Waals surface area contributed by atoms with Crippen molar-refractivity contribution in [2.24, 2.45) is 0 Å². The maximum absolute atomic E-state index is 13.8. The SMILES string of the molecule is COc1ccc(NC(=O)c2sc3nc(C)c(C(=O)Nc4ccc(C)cc4C)c(-c4ccc(Cl)cc4)c3c2N)cc1. The van der Waals surface area contributed by atoms with Crippen LogP contribution in [0.3, 0.4) is 0 Å². The summed E-state index contributed by atoms with van der Waals surface area (Å²) in [5.74, 6) is -0.0106. The van der Waals surface area contributed by atoms with Crippen LogP contribution in [-0.2, 0) is 0 Å². The molecule has 0 saturated carbocycles. The van der Waals surface area contributed by atoms with Gasteiger partial charge in [0.25, 0.3) is 11.8 Å². The van der Waals surface area contributed by atoms with E-state index in [1.54, 1.807) is 50.4 Å². The lowest BCUT2D eigenvalue weighted by atomic mass is 9.94. The Bertz CT molecular complexity index is 1760. The second-order valence-electron chi connectivity index (χ2n) is 9.43. The van der Waals surface area contributed by atoms with Crippen LogP contribution in [-0.4, -0.2) is 23.9 Å². The van der Waals surface area contributed by atoms with Crippen LogP contribution in [0, 0.1) is 20.8 Å². The molecule has 2 aromatic heterocycles. The van der Waals surface area contributed by atoms with Gasteiger partial charge >= 0.3 is 0 Å². The van der Waals surface area contributed by atoms with Crippen molar-refractivity contribution in [1.82, 2.24) is 4.98 Å². The minimum absolute atomic E-state index is 0.254. The molecule has 0 fully saturated rings. The Kier molecular flexibility index (Phi) is 7.47. The van der Waals surface area contributed by atoms with E-state index in [1.165, 1.54) is 11.3 Å². The van der Waals surface area contributed by atoms with Crippen LogP contribution in [0.15, 0.2) is 66.7 Å². The monoisotopic (exact) mass is 570 g/mol. The maximum Gasteiger partial charge on any atom is 0.267 e. The molecule has 0 aliphatic heterocycles. The van der Waals surface area contributed by atoms with E-state index in [4.69, 9.17) is 27.1 Å². The van der Waals surface area contributed by atoms with Gasteiger partial charge in [-0.1, -0.05) is 41.4 Å². The minimum Gasteiger partial charge on any atom is -0.497 e. The van der Waals surface area contributed by atoms with E-state index in [2.05, 4.69) is 10.6 Å². The van der Waals surface area contributed by atoms with Gasteiger partial charge in [0.15, 0.2) is 0 Å². The molecule has 0 bridgehead atoms. The number of aromatic nitrogens is 1. The number of anilines is 3. The highest BCUT2D eigenvalue weighted by Gasteiger charge is 2.27. The molecule has 0 radical (unpaired) electrons. The van der Waals surface area contributed by atoms with Gasteiger partial charge in [-0.2, -0.15) is 0 Å². The van der Waals surface area contributed by atoms with Crippen LogP contribution in [0.25, 0.3) is 21.3 Å². The molecule has 2 amide bonds. The van der Waals surface area contributed by atoms with Gasteiger partial charge < -0.3 is 21.1 Å². The standard InChI is InChI=1S/C31H27ClN4O3S/c1-16-5-14-23(17(2)15-16)36-29(37)24-18(3)34-31-26(25(24)19-6-8-20(32)9-7-19)27(33)28(40-31)30(38)35-21-10-12-22(39-4)13-11-21/h5-15H,33H2,1-4H3,(H,35,38)(H,36,37). The number of carbonyl (C=O) groups excluding carboxylic acids is 2. The van der Waals surface area contributed by atoms with Gasteiger partial charge in [0.2, 0.25) is 0 Å². The Morgan fingerprint density at radius 1 is 0.925 bits per heavy atom. The lowest BCUT2D eigenvalue weighted by Crippen LogP contribution is -2.17. The number of nitrogens with zero attached hydrogens (tertiary/aromatic N) is 1. The average Bonchev–Trinajstić information content (AvgIpc) is 3.26. The first kappa shape index (κ1) is 27.2.